The lowest BCUT2D eigenvalue weighted by atomic mass is 9.94. The van der Waals surface area contributed by atoms with Gasteiger partial charge in [-0.2, -0.15) is 0 Å². The average Bonchev–Trinajstić information content (AvgIpc) is 2.46. The number of para-hydroxylation sites is 1. The SMILES string of the molecule is CN(C(=O)COc1c(Cl)cccc1Cl)C1CCCCC1. The highest BCUT2D eigenvalue weighted by molar-refractivity contribution is 6.37. The molecule has 1 fully saturated rings. The molecular formula is C15H19Cl2NO2. The fourth-order valence-electron chi connectivity index (χ4n) is 2.53. The minimum absolute atomic E-state index is 0.0313. The van der Waals surface area contributed by atoms with Gasteiger partial charge in [-0.15, -0.1) is 0 Å². The molecule has 0 radical (unpaired) electrons. The molecule has 0 aliphatic heterocycles. The summed E-state index contributed by atoms with van der Waals surface area (Å²) in [5.41, 5.74) is 0. The quantitative estimate of drug-likeness (QED) is 0.834. The van der Waals surface area contributed by atoms with E-state index in [1.54, 1.807) is 23.1 Å². The van der Waals surface area contributed by atoms with Gasteiger partial charge in [-0.3, -0.25) is 4.79 Å². The molecule has 0 N–H and O–H groups in total. The monoisotopic (exact) mass is 315 g/mol. The molecule has 20 heavy (non-hydrogen) atoms. The molecular weight excluding hydrogens is 297 g/mol. The predicted molar refractivity (Wildman–Crippen MR) is 81.6 cm³/mol. The molecule has 1 aromatic carbocycles. The molecule has 1 aromatic rings. The first-order valence-corrected chi connectivity index (χ1v) is 7.67. The number of hydrogen-bond donors (Lipinski definition) is 0. The average molecular weight is 316 g/mol. The van der Waals surface area contributed by atoms with E-state index in [1.165, 1.54) is 19.3 Å². The Morgan fingerprint density at radius 2 is 1.85 bits per heavy atom. The maximum Gasteiger partial charge on any atom is 0.260 e. The van der Waals surface area contributed by atoms with Crippen LogP contribution in [0.25, 0.3) is 0 Å². The first-order valence-electron chi connectivity index (χ1n) is 6.92. The van der Waals surface area contributed by atoms with Gasteiger partial charge in [0.25, 0.3) is 5.91 Å². The van der Waals surface area contributed by atoms with Crippen molar-refractivity contribution in [2.75, 3.05) is 13.7 Å². The summed E-state index contributed by atoms with van der Waals surface area (Å²) in [6.45, 7) is -0.0313. The number of carbonyl (C=O) groups excluding carboxylic acids is 1. The van der Waals surface area contributed by atoms with Gasteiger partial charge in [0, 0.05) is 13.1 Å². The summed E-state index contributed by atoms with van der Waals surface area (Å²) < 4.78 is 5.49. The standard InChI is InChI=1S/C15H19Cl2NO2/c1-18(11-6-3-2-4-7-11)14(19)10-20-15-12(16)8-5-9-13(15)17/h5,8-9,11H,2-4,6-7,10H2,1H3. The van der Waals surface area contributed by atoms with Gasteiger partial charge in [-0.05, 0) is 25.0 Å². The summed E-state index contributed by atoms with van der Waals surface area (Å²) in [6, 6.07) is 5.46. The van der Waals surface area contributed by atoms with E-state index in [0.717, 1.165) is 12.8 Å². The van der Waals surface area contributed by atoms with E-state index in [2.05, 4.69) is 0 Å². The van der Waals surface area contributed by atoms with E-state index < -0.39 is 0 Å². The number of nitrogens with zero attached hydrogens (tertiary/aromatic N) is 1. The third kappa shape index (κ3) is 3.80. The summed E-state index contributed by atoms with van der Waals surface area (Å²) in [7, 11) is 1.84. The maximum atomic E-state index is 12.2. The molecule has 0 heterocycles. The minimum Gasteiger partial charge on any atom is -0.481 e. The van der Waals surface area contributed by atoms with Crippen LogP contribution in [0.2, 0.25) is 10.0 Å². The van der Waals surface area contributed by atoms with Gasteiger partial charge in [0.05, 0.1) is 10.0 Å². The van der Waals surface area contributed by atoms with Crippen LogP contribution in [0.3, 0.4) is 0 Å². The van der Waals surface area contributed by atoms with Gasteiger partial charge in [0.2, 0.25) is 0 Å². The highest BCUT2D eigenvalue weighted by atomic mass is 35.5. The van der Waals surface area contributed by atoms with E-state index in [0.29, 0.717) is 21.8 Å². The van der Waals surface area contributed by atoms with E-state index in [1.807, 2.05) is 7.05 Å². The third-order valence-electron chi connectivity index (χ3n) is 3.77. The van der Waals surface area contributed by atoms with Crippen LogP contribution in [-0.2, 0) is 4.79 Å². The van der Waals surface area contributed by atoms with Crippen molar-refractivity contribution in [2.24, 2.45) is 0 Å². The molecule has 5 heteroatoms. The zero-order chi connectivity index (χ0) is 14.5. The predicted octanol–water partition coefficient (Wildman–Crippen LogP) is 4.16. The molecule has 0 atom stereocenters. The Morgan fingerprint density at radius 3 is 2.45 bits per heavy atom. The van der Waals surface area contributed by atoms with Gasteiger partial charge >= 0.3 is 0 Å². The number of carbonyl (C=O) groups is 1. The fraction of sp³-hybridized carbons (Fsp3) is 0.533. The molecule has 1 amide bonds. The van der Waals surface area contributed by atoms with E-state index in [9.17, 15) is 4.79 Å². The molecule has 0 aromatic heterocycles. The van der Waals surface area contributed by atoms with Crippen LogP contribution in [0.1, 0.15) is 32.1 Å². The Labute approximate surface area is 129 Å². The summed E-state index contributed by atoms with van der Waals surface area (Å²) in [6.07, 6.45) is 5.81. The van der Waals surface area contributed by atoms with Crippen molar-refractivity contribution in [3.05, 3.63) is 28.2 Å². The molecule has 1 saturated carbocycles. The summed E-state index contributed by atoms with van der Waals surface area (Å²) in [4.78, 5) is 13.9. The second kappa shape index (κ2) is 7.19. The Kier molecular flexibility index (Phi) is 5.55. The van der Waals surface area contributed by atoms with Crippen LogP contribution >= 0.6 is 23.2 Å². The maximum absolute atomic E-state index is 12.2. The smallest absolute Gasteiger partial charge is 0.260 e. The first-order chi connectivity index (χ1) is 9.59. The Hall–Kier alpha value is -0.930. The lowest BCUT2D eigenvalue weighted by Crippen LogP contribution is -2.40. The second-order valence-corrected chi connectivity index (χ2v) is 5.95. The lowest BCUT2D eigenvalue weighted by Gasteiger charge is -2.31. The molecule has 1 aliphatic rings. The van der Waals surface area contributed by atoms with E-state index >= 15 is 0 Å². The third-order valence-corrected chi connectivity index (χ3v) is 4.37. The van der Waals surface area contributed by atoms with E-state index in [4.69, 9.17) is 27.9 Å². The van der Waals surface area contributed by atoms with Crippen LogP contribution in [0.15, 0.2) is 18.2 Å². The van der Waals surface area contributed by atoms with Crippen LogP contribution in [0, 0.1) is 0 Å². The van der Waals surface area contributed by atoms with Gasteiger partial charge < -0.3 is 9.64 Å². The molecule has 0 spiro atoms. The van der Waals surface area contributed by atoms with Crippen LogP contribution in [-0.4, -0.2) is 30.5 Å². The lowest BCUT2D eigenvalue weighted by molar-refractivity contribution is -0.134. The first kappa shape index (κ1) is 15.5. The summed E-state index contributed by atoms with van der Waals surface area (Å²) >= 11 is 12.0. The molecule has 0 bridgehead atoms. The van der Waals surface area contributed by atoms with Gasteiger partial charge in [0.15, 0.2) is 12.4 Å². The molecule has 3 nitrogen and oxygen atoms in total. The van der Waals surface area contributed by atoms with Gasteiger partial charge in [-0.25, -0.2) is 0 Å². The number of amides is 1. The van der Waals surface area contributed by atoms with Crippen molar-refractivity contribution >= 4 is 29.1 Å². The highest BCUT2D eigenvalue weighted by Crippen LogP contribution is 2.32. The van der Waals surface area contributed by atoms with Crippen molar-refractivity contribution < 1.29 is 9.53 Å². The molecule has 0 unspecified atom stereocenters. The Bertz CT molecular complexity index is 453. The van der Waals surface area contributed by atoms with Crippen LogP contribution in [0.4, 0.5) is 0 Å². The Morgan fingerprint density at radius 1 is 1.25 bits per heavy atom. The molecule has 2 rings (SSSR count). The highest BCUT2D eigenvalue weighted by Gasteiger charge is 2.22. The Balaban J connectivity index is 1.91. The van der Waals surface area contributed by atoms with Crippen molar-refractivity contribution in [3.8, 4) is 5.75 Å². The number of hydrogen-bond acceptors (Lipinski definition) is 2. The largest absolute Gasteiger partial charge is 0.481 e. The van der Waals surface area contributed by atoms with Gasteiger partial charge in [-0.1, -0.05) is 48.5 Å². The molecule has 1 aliphatic carbocycles. The van der Waals surface area contributed by atoms with Crippen molar-refractivity contribution in [1.29, 1.82) is 0 Å². The van der Waals surface area contributed by atoms with Crippen LogP contribution < -0.4 is 4.74 Å². The zero-order valence-electron chi connectivity index (χ0n) is 11.6. The zero-order valence-corrected chi connectivity index (χ0v) is 13.1. The second-order valence-electron chi connectivity index (χ2n) is 5.14. The normalized spacial score (nSPS) is 15.9. The number of likely N-dealkylation sites (N-methyl/N-ethyl adjacent to an activating group) is 1. The van der Waals surface area contributed by atoms with E-state index in [-0.39, 0.29) is 12.5 Å². The number of ether oxygens (including phenoxy) is 1. The number of rotatable bonds is 4. The molecule has 110 valence electrons. The minimum atomic E-state index is -0.0344. The fourth-order valence-corrected chi connectivity index (χ4v) is 3.03. The van der Waals surface area contributed by atoms with Crippen molar-refractivity contribution in [1.82, 2.24) is 4.90 Å². The summed E-state index contributed by atoms with van der Waals surface area (Å²) in [5.74, 6) is 0.342. The number of halogens is 2. The topological polar surface area (TPSA) is 29.5 Å². The van der Waals surface area contributed by atoms with Gasteiger partial charge in [0.1, 0.15) is 0 Å². The van der Waals surface area contributed by atoms with Crippen LogP contribution in [0.5, 0.6) is 5.75 Å². The van der Waals surface area contributed by atoms with Crippen molar-refractivity contribution in [2.45, 2.75) is 38.1 Å². The van der Waals surface area contributed by atoms with Crippen molar-refractivity contribution in [3.63, 3.8) is 0 Å². The molecule has 0 saturated heterocycles. The number of benzene rings is 1. The summed E-state index contributed by atoms with van der Waals surface area (Å²) in [5, 5.41) is 0.844.